The smallest absolute Gasteiger partial charge is 0.338 e. The van der Waals surface area contributed by atoms with Crippen molar-refractivity contribution < 1.29 is 13.9 Å². The highest BCUT2D eigenvalue weighted by Crippen LogP contribution is 2.33. The predicted molar refractivity (Wildman–Crippen MR) is 112 cm³/mol. The van der Waals surface area contributed by atoms with E-state index < -0.39 is 5.63 Å². The Bertz CT molecular complexity index is 1190. The minimum atomic E-state index is -0.394. The molecule has 3 aromatic rings. The minimum Gasteiger partial charge on any atom is -0.454 e. The second-order valence-corrected chi connectivity index (χ2v) is 7.68. The van der Waals surface area contributed by atoms with Crippen molar-refractivity contribution in [1.82, 2.24) is 4.90 Å². The lowest BCUT2D eigenvalue weighted by molar-refractivity contribution is 0.173. The van der Waals surface area contributed by atoms with Crippen molar-refractivity contribution in [3.63, 3.8) is 0 Å². The Labute approximate surface area is 173 Å². The van der Waals surface area contributed by atoms with Crippen LogP contribution < -0.4 is 20.4 Å². The average molecular weight is 403 g/mol. The molecule has 3 heterocycles. The Balaban J connectivity index is 1.25. The normalized spacial score (nSPS) is 16.5. The first kappa shape index (κ1) is 18.5. The first-order valence-electron chi connectivity index (χ1n) is 10.0. The summed E-state index contributed by atoms with van der Waals surface area (Å²) < 4.78 is 16.1. The summed E-state index contributed by atoms with van der Waals surface area (Å²) in [4.78, 5) is 14.4. The van der Waals surface area contributed by atoms with Gasteiger partial charge >= 0.3 is 5.63 Å². The SMILES string of the molecule is N#Cc1ccc2oc(=O)cc(NC3CCN(Cc4ccc5c(c4)OCO5)CC3)c2c1. The summed E-state index contributed by atoms with van der Waals surface area (Å²) in [7, 11) is 0. The average Bonchev–Trinajstić information content (AvgIpc) is 3.23. The molecule has 1 N–H and O–H groups in total. The second-order valence-electron chi connectivity index (χ2n) is 7.68. The number of nitrogens with one attached hydrogen (secondary N) is 1. The zero-order valence-corrected chi connectivity index (χ0v) is 16.4. The number of piperidine rings is 1. The summed E-state index contributed by atoms with van der Waals surface area (Å²) in [5.74, 6) is 1.62. The van der Waals surface area contributed by atoms with Gasteiger partial charge in [0.1, 0.15) is 5.58 Å². The molecule has 7 heteroatoms. The van der Waals surface area contributed by atoms with Crippen LogP contribution in [0, 0.1) is 11.3 Å². The fourth-order valence-corrected chi connectivity index (χ4v) is 4.10. The molecule has 0 amide bonds. The molecule has 0 atom stereocenters. The zero-order valence-electron chi connectivity index (χ0n) is 16.4. The Morgan fingerprint density at radius 1 is 1.07 bits per heavy atom. The monoisotopic (exact) mass is 403 g/mol. The number of anilines is 1. The molecule has 2 aromatic carbocycles. The molecular weight excluding hydrogens is 382 g/mol. The molecule has 1 aromatic heterocycles. The van der Waals surface area contributed by atoms with Gasteiger partial charge in [-0.3, -0.25) is 4.90 Å². The van der Waals surface area contributed by atoms with E-state index in [4.69, 9.17) is 13.9 Å². The summed E-state index contributed by atoms with van der Waals surface area (Å²) in [5, 5.41) is 13.4. The lowest BCUT2D eigenvalue weighted by Gasteiger charge is -2.33. The maximum Gasteiger partial charge on any atom is 0.338 e. The van der Waals surface area contributed by atoms with E-state index in [1.807, 2.05) is 6.07 Å². The van der Waals surface area contributed by atoms with Crippen LogP contribution in [0.25, 0.3) is 11.0 Å². The molecule has 0 saturated carbocycles. The van der Waals surface area contributed by atoms with E-state index in [2.05, 4.69) is 28.4 Å². The molecule has 0 unspecified atom stereocenters. The van der Waals surface area contributed by atoms with Crippen LogP contribution in [0.1, 0.15) is 24.0 Å². The van der Waals surface area contributed by atoms with Crippen LogP contribution in [-0.4, -0.2) is 30.8 Å². The summed E-state index contributed by atoms with van der Waals surface area (Å²) in [6, 6.07) is 15.1. The van der Waals surface area contributed by atoms with Gasteiger partial charge in [0.25, 0.3) is 0 Å². The highest BCUT2D eigenvalue weighted by molar-refractivity contribution is 5.90. The van der Waals surface area contributed by atoms with Gasteiger partial charge in [-0.15, -0.1) is 0 Å². The molecule has 152 valence electrons. The first-order chi connectivity index (χ1) is 14.7. The van der Waals surface area contributed by atoms with Gasteiger partial charge in [0.05, 0.1) is 17.3 Å². The molecule has 2 aliphatic rings. The van der Waals surface area contributed by atoms with Gasteiger partial charge in [-0.25, -0.2) is 4.79 Å². The van der Waals surface area contributed by atoms with Crippen LogP contribution in [0.4, 0.5) is 5.69 Å². The number of rotatable bonds is 4. The molecule has 2 aliphatic heterocycles. The lowest BCUT2D eigenvalue weighted by Crippen LogP contribution is -2.38. The van der Waals surface area contributed by atoms with Gasteiger partial charge in [0.15, 0.2) is 11.5 Å². The van der Waals surface area contributed by atoms with Crippen LogP contribution in [0.15, 0.2) is 51.7 Å². The van der Waals surface area contributed by atoms with Crippen molar-refractivity contribution in [3.8, 4) is 17.6 Å². The van der Waals surface area contributed by atoms with Crippen LogP contribution in [-0.2, 0) is 6.54 Å². The molecule has 30 heavy (non-hydrogen) atoms. The molecule has 0 spiro atoms. The van der Waals surface area contributed by atoms with Crippen molar-refractivity contribution >= 4 is 16.7 Å². The molecular formula is C23H21N3O4. The number of nitriles is 1. The van der Waals surface area contributed by atoms with Gasteiger partial charge in [-0.05, 0) is 48.7 Å². The number of hydrogen-bond donors (Lipinski definition) is 1. The number of fused-ring (bicyclic) bond motifs is 2. The molecule has 7 nitrogen and oxygen atoms in total. The fourth-order valence-electron chi connectivity index (χ4n) is 4.10. The van der Waals surface area contributed by atoms with Crippen molar-refractivity contribution in [2.75, 3.05) is 25.2 Å². The summed E-state index contributed by atoms with van der Waals surface area (Å²) in [6.07, 6.45) is 1.93. The lowest BCUT2D eigenvalue weighted by atomic mass is 10.0. The van der Waals surface area contributed by atoms with Crippen molar-refractivity contribution in [3.05, 3.63) is 64.0 Å². The predicted octanol–water partition coefficient (Wildman–Crippen LogP) is 3.47. The van der Waals surface area contributed by atoms with Crippen LogP contribution in [0.5, 0.6) is 11.5 Å². The first-order valence-corrected chi connectivity index (χ1v) is 10.0. The Hall–Kier alpha value is -3.50. The molecule has 0 aliphatic carbocycles. The highest BCUT2D eigenvalue weighted by atomic mass is 16.7. The summed E-state index contributed by atoms with van der Waals surface area (Å²) >= 11 is 0. The Kier molecular flexibility index (Phi) is 4.77. The van der Waals surface area contributed by atoms with Gasteiger partial charge in [0.2, 0.25) is 6.79 Å². The zero-order chi connectivity index (χ0) is 20.5. The summed E-state index contributed by atoms with van der Waals surface area (Å²) in [6.45, 7) is 3.06. The highest BCUT2D eigenvalue weighted by Gasteiger charge is 2.21. The topological polar surface area (TPSA) is 87.7 Å². The number of ether oxygens (including phenoxy) is 2. The van der Waals surface area contributed by atoms with Gasteiger partial charge in [0, 0.05) is 37.1 Å². The molecule has 1 saturated heterocycles. The van der Waals surface area contributed by atoms with E-state index in [-0.39, 0.29) is 12.8 Å². The van der Waals surface area contributed by atoms with Gasteiger partial charge < -0.3 is 19.2 Å². The fraction of sp³-hybridized carbons (Fsp3) is 0.304. The quantitative estimate of drug-likeness (QED) is 0.668. The van der Waals surface area contributed by atoms with Crippen molar-refractivity contribution in [2.45, 2.75) is 25.4 Å². The Morgan fingerprint density at radius 2 is 1.90 bits per heavy atom. The van der Waals surface area contributed by atoms with E-state index in [0.29, 0.717) is 11.1 Å². The number of nitrogens with zero attached hydrogens (tertiary/aromatic N) is 2. The van der Waals surface area contributed by atoms with Crippen LogP contribution >= 0.6 is 0 Å². The summed E-state index contributed by atoms with van der Waals surface area (Å²) in [5.41, 5.74) is 2.58. The van der Waals surface area contributed by atoms with E-state index in [1.165, 1.54) is 11.6 Å². The maximum absolute atomic E-state index is 11.9. The standard InChI is InChI=1S/C23H21N3O4/c24-12-15-1-3-20-18(9-15)19(11-23(27)30-20)25-17-5-7-26(8-6-17)13-16-2-4-21-22(10-16)29-14-28-21/h1-4,9-11,17,25H,5-8,13-14H2. The van der Waals surface area contributed by atoms with E-state index in [0.717, 1.165) is 55.0 Å². The number of likely N-dealkylation sites (tertiary alicyclic amines) is 1. The number of benzene rings is 2. The molecule has 0 radical (unpaired) electrons. The van der Waals surface area contributed by atoms with E-state index in [1.54, 1.807) is 18.2 Å². The van der Waals surface area contributed by atoms with Crippen molar-refractivity contribution in [2.24, 2.45) is 0 Å². The Morgan fingerprint density at radius 3 is 2.73 bits per heavy atom. The third kappa shape index (κ3) is 3.70. The van der Waals surface area contributed by atoms with E-state index >= 15 is 0 Å². The van der Waals surface area contributed by atoms with Crippen LogP contribution in [0.2, 0.25) is 0 Å². The minimum absolute atomic E-state index is 0.258. The third-order valence-corrected chi connectivity index (χ3v) is 5.66. The van der Waals surface area contributed by atoms with Crippen molar-refractivity contribution in [1.29, 1.82) is 5.26 Å². The van der Waals surface area contributed by atoms with Gasteiger partial charge in [-0.2, -0.15) is 5.26 Å². The largest absolute Gasteiger partial charge is 0.454 e. The van der Waals surface area contributed by atoms with Crippen LogP contribution in [0.3, 0.4) is 0 Å². The second kappa shape index (κ2) is 7.73. The van der Waals surface area contributed by atoms with Gasteiger partial charge in [-0.1, -0.05) is 6.07 Å². The number of hydrogen-bond acceptors (Lipinski definition) is 7. The molecule has 5 rings (SSSR count). The third-order valence-electron chi connectivity index (χ3n) is 5.66. The maximum atomic E-state index is 11.9. The molecule has 0 bridgehead atoms. The van der Waals surface area contributed by atoms with E-state index in [9.17, 15) is 10.1 Å². The molecule has 1 fully saturated rings.